The molecule has 3 atom stereocenters. The molecule has 3 unspecified atom stereocenters. The molecule has 3 N–H and O–H groups in total. The van der Waals surface area contributed by atoms with Crippen LogP contribution in [0.4, 0.5) is 5.69 Å². The highest BCUT2D eigenvalue weighted by Crippen LogP contribution is 2.54. The first-order valence-electron chi connectivity index (χ1n) is 8.82. The zero-order chi connectivity index (χ0) is 18.6. The Kier molecular flexibility index (Phi) is 6.16. The Bertz CT molecular complexity index is 614. The third-order valence-corrected chi connectivity index (χ3v) is 5.64. The molecule has 0 saturated heterocycles. The number of guanidine groups is 1. The van der Waals surface area contributed by atoms with Crippen LogP contribution in [0.25, 0.3) is 0 Å². The molecule has 25 heavy (non-hydrogen) atoms. The van der Waals surface area contributed by atoms with E-state index in [1.165, 1.54) is 0 Å². The average Bonchev–Trinajstić information content (AvgIpc) is 2.63. The summed E-state index contributed by atoms with van der Waals surface area (Å²) in [5.41, 5.74) is 7.05. The molecule has 0 bridgehead atoms. The van der Waals surface area contributed by atoms with Crippen LogP contribution in [0, 0.1) is 11.3 Å². The fraction of sp³-hybridized carbons (Fsp3) is 0.632. The van der Waals surface area contributed by atoms with E-state index in [1.807, 2.05) is 18.2 Å². The zero-order valence-corrected chi connectivity index (χ0v) is 16.1. The van der Waals surface area contributed by atoms with Crippen LogP contribution in [0.1, 0.15) is 33.6 Å². The van der Waals surface area contributed by atoms with E-state index < -0.39 is 0 Å². The summed E-state index contributed by atoms with van der Waals surface area (Å²) in [6.45, 7) is 6.57. The Morgan fingerprint density at radius 1 is 1.16 bits per heavy atom. The Labute approximate surface area is 150 Å². The second-order valence-corrected chi connectivity index (χ2v) is 6.61. The average molecular weight is 349 g/mol. The summed E-state index contributed by atoms with van der Waals surface area (Å²) < 4.78 is 16.3. The molecule has 1 fully saturated rings. The highest BCUT2D eigenvalue weighted by atomic mass is 16.5. The van der Waals surface area contributed by atoms with Gasteiger partial charge in [-0.05, 0) is 25.0 Å². The van der Waals surface area contributed by atoms with Gasteiger partial charge in [-0.1, -0.05) is 20.8 Å². The molecule has 0 spiro atoms. The topological polar surface area (TPSA) is 78.1 Å². The van der Waals surface area contributed by atoms with E-state index >= 15 is 0 Å². The van der Waals surface area contributed by atoms with E-state index in [-0.39, 0.29) is 17.6 Å². The zero-order valence-electron chi connectivity index (χ0n) is 16.1. The monoisotopic (exact) mass is 349 g/mol. The van der Waals surface area contributed by atoms with Gasteiger partial charge in [0.1, 0.15) is 0 Å². The molecule has 1 aliphatic rings. The fourth-order valence-electron chi connectivity index (χ4n) is 4.27. The molecule has 0 heterocycles. The molecule has 2 rings (SSSR count). The number of nitrogens with zero attached hydrogens (tertiary/aromatic N) is 1. The van der Waals surface area contributed by atoms with Crippen molar-refractivity contribution in [2.45, 2.75) is 45.8 Å². The Hall–Kier alpha value is -1.95. The van der Waals surface area contributed by atoms with Crippen LogP contribution in [-0.4, -0.2) is 39.4 Å². The van der Waals surface area contributed by atoms with E-state index in [4.69, 9.17) is 24.9 Å². The maximum absolute atomic E-state index is 6.18. The van der Waals surface area contributed by atoms with E-state index in [1.54, 1.807) is 21.3 Å². The number of aliphatic imine (C=N–C) groups is 1. The number of nitrogens with one attached hydrogen (secondary N) is 1. The number of hydrogen-bond acceptors (Lipinski definition) is 4. The van der Waals surface area contributed by atoms with Crippen LogP contribution in [0.5, 0.6) is 11.5 Å². The van der Waals surface area contributed by atoms with Crippen molar-refractivity contribution >= 4 is 11.6 Å². The SMILES string of the molecule is CCC1(CC)C(N=C(N)Nc2ccc(OC)c(OC)c2)C(C)C1OC. The lowest BCUT2D eigenvalue weighted by atomic mass is 9.53. The van der Waals surface area contributed by atoms with Crippen LogP contribution in [-0.2, 0) is 4.74 Å². The molecule has 0 radical (unpaired) electrons. The maximum Gasteiger partial charge on any atom is 0.193 e. The molecule has 0 aliphatic heterocycles. The normalized spacial score (nSPS) is 25.2. The number of methoxy groups -OCH3 is 3. The van der Waals surface area contributed by atoms with Gasteiger partial charge in [0.15, 0.2) is 17.5 Å². The number of ether oxygens (including phenoxy) is 3. The molecule has 6 heteroatoms. The smallest absolute Gasteiger partial charge is 0.193 e. The van der Waals surface area contributed by atoms with Crippen molar-refractivity contribution in [2.75, 3.05) is 26.6 Å². The molecule has 0 aromatic heterocycles. The number of anilines is 1. The summed E-state index contributed by atoms with van der Waals surface area (Å²) in [7, 11) is 5.00. The van der Waals surface area contributed by atoms with Gasteiger partial charge < -0.3 is 25.3 Å². The van der Waals surface area contributed by atoms with E-state index in [0.717, 1.165) is 18.5 Å². The minimum Gasteiger partial charge on any atom is -0.493 e. The van der Waals surface area contributed by atoms with Crippen LogP contribution in [0.15, 0.2) is 23.2 Å². The number of hydrogen-bond donors (Lipinski definition) is 2. The standard InChI is InChI=1S/C19H31N3O3/c1-7-19(8-2)16(12(3)17(19)25-6)22-18(20)21-13-9-10-14(23-4)15(11-13)24-5/h9-12,16-17H,7-8H2,1-6H3,(H3,20,21,22). The summed E-state index contributed by atoms with van der Waals surface area (Å²) in [6.07, 6.45) is 2.26. The Morgan fingerprint density at radius 2 is 1.80 bits per heavy atom. The van der Waals surface area contributed by atoms with E-state index in [0.29, 0.717) is 23.4 Å². The summed E-state index contributed by atoms with van der Waals surface area (Å²) >= 11 is 0. The van der Waals surface area contributed by atoms with Gasteiger partial charge in [-0.15, -0.1) is 0 Å². The Morgan fingerprint density at radius 3 is 2.32 bits per heavy atom. The largest absolute Gasteiger partial charge is 0.493 e. The molecule has 1 aromatic carbocycles. The summed E-state index contributed by atoms with van der Waals surface area (Å²) in [4.78, 5) is 4.78. The van der Waals surface area contributed by atoms with Crippen LogP contribution in [0.3, 0.4) is 0 Å². The lowest BCUT2D eigenvalue weighted by Crippen LogP contribution is -2.63. The highest BCUT2D eigenvalue weighted by Gasteiger charge is 2.58. The lowest BCUT2D eigenvalue weighted by Gasteiger charge is -2.57. The van der Waals surface area contributed by atoms with Gasteiger partial charge in [-0.2, -0.15) is 0 Å². The van der Waals surface area contributed by atoms with Gasteiger partial charge in [-0.25, -0.2) is 4.99 Å². The molecule has 1 aromatic rings. The second-order valence-electron chi connectivity index (χ2n) is 6.61. The molecule has 1 aliphatic carbocycles. The van der Waals surface area contributed by atoms with Gasteiger partial charge in [0.2, 0.25) is 0 Å². The molecule has 1 saturated carbocycles. The molecular weight excluding hydrogens is 318 g/mol. The molecule has 140 valence electrons. The predicted molar refractivity (Wildman–Crippen MR) is 102 cm³/mol. The first kappa shape index (κ1) is 19.4. The third kappa shape index (κ3) is 3.40. The van der Waals surface area contributed by atoms with Crippen molar-refractivity contribution in [1.29, 1.82) is 0 Å². The van der Waals surface area contributed by atoms with Crippen molar-refractivity contribution < 1.29 is 14.2 Å². The first-order valence-corrected chi connectivity index (χ1v) is 8.82. The van der Waals surface area contributed by atoms with Crippen molar-refractivity contribution in [3.8, 4) is 11.5 Å². The van der Waals surface area contributed by atoms with Gasteiger partial charge in [0.05, 0.1) is 26.4 Å². The van der Waals surface area contributed by atoms with Gasteiger partial charge >= 0.3 is 0 Å². The van der Waals surface area contributed by atoms with Gasteiger partial charge in [0.25, 0.3) is 0 Å². The molecular formula is C19H31N3O3. The highest BCUT2D eigenvalue weighted by molar-refractivity contribution is 5.92. The van der Waals surface area contributed by atoms with Crippen molar-refractivity contribution in [3.05, 3.63) is 18.2 Å². The number of benzene rings is 1. The number of nitrogens with two attached hydrogens (primary N) is 1. The Balaban J connectivity index is 2.18. The molecule has 6 nitrogen and oxygen atoms in total. The predicted octanol–water partition coefficient (Wildman–Crippen LogP) is 3.27. The summed E-state index contributed by atoms with van der Waals surface area (Å²) in [5, 5.41) is 3.16. The first-order chi connectivity index (χ1) is 12.0. The summed E-state index contributed by atoms with van der Waals surface area (Å²) in [6, 6.07) is 5.72. The maximum atomic E-state index is 6.18. The molecule has 0 amide bonds. The minimum absolute atomic E-state index is 0.0536. The third-order valence-electron chi connectivity index (χ3n) is 5.64. The van der Waals surface area contributed by atoms with Crippen molar-refractivity contribution in [3.63, 3.8) is 0 Å². The van der Waals surface area contributed by atoms with Gasteiger partial charge in [-0.3, -0.25) is 0 Å². The second kappa shape index (κ2) is 7.95. The van der Waals surface area contributed by atoms with Crippen LogP contribution >= 0.6 is 0 Å². The van der Waals surface area contributed by atoms with E-state index in [2.05, 4.69) is 26.1 Å². The van der Waals surface area contributed by atoms with Crippen LogP contribution in [0.2, 0.25) is 0 Å². The van der Waals surface area contributed by atoms with Crippen molar-refractivity contribution in [2.24, 2.45) is 22.1 Å². The lowest BCUT2D eigenvalue weighted by molar-refractivity contribution is -0.156. The van der Waals surface area contributed by atoms with Crippen LogP contribution < -0.4 is 20.5 Å². The minimum atomic E-state index is 0.0536. The number of rotatable bonds is 7. The summed E-state index contributed by atoms with van der Waals surface area (Å²) in [5.74, 6) is 2.07. The van der Waals surface area contributed by atoms with Gasteiger partial charge in [0, 0.05) is 30.2 Å². The fourth-order valence-corrected chi connectivity index (χ4v) is 4.27. The van der Waals surface area contributed by atoms with Crippen molar-refractivity contribution in [1.82, 2.24) is 0 Å². The quantitative estimate of drug-likeness (QED) is 0.583. The van der Waals surface area contributed by atoms with E-state index in [9.17, 15) is 0 Å².